The van der Waals surface area contributed by atoms with Crippen LogP contribution in [-0.2, 0) is 21.4 Å². The normalized spacial score (nSPS) is 17.0. The van der Waals surface area contributed by atoms with Gasteiger partial charge in [-0.1, -0.05) is 89.3 Å². The second kappa shape index (κ2) is 12.8. The second-order valence-corrected chi connectivity index (χ2v) is 12.0. The molecule has 2 heterocycles. The molecule has 0 saturated carbocycles. The Morgan fingerprint density at radius 1 is 0.929 bits per heavy atom. The van der Waals surface area contributed by atoms with Crippen LogP contribution in [0, 0.1) is 0 Å². The Morgan fingerprint density at radius 3 is 2.36 bits per heavy atom. The zero-order chi connectivity index (χ0) is 29.7. The summed E-state index contributed by atoms with van der Waals surface area (Å²) < 4.78 is 0. The summed E-state index contributed by atoms with van der Waals surface area (Å²) in [6.07, 6.45) is 11.6. The molecule has 6 heteroatoms. The average Bonchev–Trinajstić information content (AvgIpc) is 3.32. The number of hydrogen-bond donors (Lipinski definition) is 1. The van der Waals surface area contributed by atoms with Gasteiger partial charge in [0.1, 0.15) is 0 Å². The number of carboxylic acid groups (broad SMARTS) is 1. The number of nitrogens with zero attached hydrogens (tertiary/aromatic N) is 3. The lowest BCUT2D eigenvalue weighted by atomic mass is 9.77. The molecule has 2 aliphatic rings. The van der Waals surface area contributed by atoms with E-state index in [1.165, 1.54) is 55.3 Å². The Kier molecular flexibility index (Phi) is 8.91. The smallest absolute Gasteiger partial charge is 0.357 e. The van der Waals surface area contributed by atoms with Crippen molar-refractivity contribution in [2.24, 2.45) is 5.10 Å². The van der Waals surface area contributed by atoms with Gasteiger partial charge in [-0.25, -0.2) is 4.79 Å². The van der Waals surface area contributed by atoms with Crippen molar-refractivity contribution >= 4 is 40.7 Å². The Balaban J connectivity index is 1.37. The first-order chi connectivity index (χ1) is 20.3. The lowest BCUT2D eigenvalue weighted by molar-refractivity contribution is -0.129. The van der Waals surface area contributed by atoms with Crippen LogP contribution in [-0.4, -0.2) is 29.2 Å². The lowest BCUT2D eigenvalue weighted by Gasteiger charge is -2.40. The first kappa shape index (κ1) is 29.3. The number of unbranched alkanes of at least 4 members (excludes halogenated alkanes) is 5. The molecule has 0 unspecified atom stereocenters. The van der Waals surface area contributed by atoms with E-state index in [0.717, 1.165) is 35.6 Å². The highest BCUT2D eigenvalue weighted by molar-refractivity contribution is 6.53. The number of hydrazone groups is 1. The van der Waals surface area contributed by atoms with Crippen molar-refractivity contribution in [1.29, 1.82) is 0 Å². The Labute approximate surface area is 249 Å². The van der Waals surface area contributed by atoms with Crippen LogP contribution in [0.25, 0.3) is 6.08 Å². The van der Waals surface area contributed by atoms with Crippen LogP contribution in [0.5, 0.6) is 0 Å². The van der Waals surface area contributed by atoms with E-state index >= 15 is 0 Å². The van der Waals surface area contributed by atoms with Gasteiger partial charge in [0.25, 0.3) is 5.91 Å². The molecule has 0 fully saturated rings. The van der Waals surface area contributed by atoms with Crippen LogP contribution in [0.1, 0.15) is 82.4 Å². The molecule has 6 nitrogen and oxygen atoms in total. The van der Waals surface area contributed by atoms with Gasteiger partial charge in [-0.05, 0) is 83.8 Å². The monoisotopic (exact) mass is 563 g/mol. The third-order valence-electron chi connectivity index (χ3n) is 8.46. The molecular weight excluding hydrogens is 522 g/mol. The molecule has 0 aliphatic carbocycles. The van der Waals surface area contributed by atoms with Gasteiger partial charge in [-0.2, -0.15) is 10.1 Å². The third kappa shape index (κ3) is 6.33. The van der Waals surface area contributed by atoms with Crippen LogP contribution < -0.4 is 9.91 Å². The molecule has 2 aliphatic heterocycles. The van der Waals surface area contributed by atoms with E-state index in [-0.39, 0.29) is 16.7 Å². The highest BCUT2D eigenvalue weighted by Gasteiger charge is 2.36. The van der Waals surface area contributed by atoms with E-state index in [0.29, 0.717) is 5.69 Å². The standard InChI is InChI=1S/C36H41N3O3/c1-4-5-6-7-8-10-13-26-16-19-28(20-17-26)38-23-22-36(2,3)31-25-27(18-21-32(31)38)24-30-33(35(41)42)37-39(34(30)40)29-14-11-9-12-15-29/h9,11-12,14-21,24-25H,4-8,10,13,22-23H2,1-3H3,(H,41,42)/b30-24-. The SMILES string of the molecule is CCCCCCCCc1ccc(N2CCC(C)(C)c3cc(/C=C4\C(=O)N(c5ccccc5)N=C4C(=O)O)ccc32)cc1. The van der Waals surface area contributed by atoms with Gasteiger partial charge in [0.15, 0.2) is 5.71 Å². The average molecular weight is 564 g/mol. The van der Waals surface area contributed by atoms with Crippen molar-refractivity contribution in [3.8, 4) is 0 Å². The number of amides is 1. The van der Waals surface area contributed by atoms with Crippen molar-refractivity contribution in [1.82, 2.24) is 0 Å². The summed E-state index contributed by atoms with van der Waals surface area (Å²) in [6, 6.07) is 24.0. The fourth-order valence-corrected chi connectivity index (χ4v) is 5.90. The van der Waals surface area contributed by atoms with Crippen LogP contribution in [0.15, 0.2) is 83.5 Å². The van der Waals surface area contributed by atoms with Gasteiger partial charge in [0.2, 0.25) is 0 Å². The van der Waals surface area contributed by atoms with Crippen molar-refractivity contribution in [2.45, 2.75) is 77.6 Å². The van der Waals surface area contributed by atoms with E-state index in [1.807, 2.05) is 12.1 Å². The van der Waals surface area contributed by atoms with Crippen molar-refractivity contribution in [2.75, 3.05) is 16.5 Å². The lowest BCUT2D eigenvalue weighted by Crippen LogP contribution is -2.34. The molecule has 5 rings (SSSR count). The first-order valence-electron chi connectivity index (χ1n) is 15.2. The number of hydrogen-bond acceptors (Lipinski definition) is 4. The number of carbonyl (C=O) groups excluding carboxylic acids is 1. The number of rotatable bonds is 11. The van der Waals surface area contributed by atoms with Gasteiger partial charge in [0, 0.05) is 17.9 Å². The highest BCUT2D eigenvalue weighted by atomic mass is 16.4. The summed E-state index contributed by atoms with van der Waals surface area (Å²) in [5.41, 5.74) is 5.96. The van der Waals surface area contributed by atoms with Gasteiger partial charge in [-0.3, -0.25) is 4.79 Å². The maximum atomic E-state index is 13.3. The molecule has 1 N–H and O–H groups in total. The van der Waals surface area contributed by atoms with Gasteiger partial charge in [0.05, 0.1) is 11.3 Å². The van der Waals surface area contributed by atoms with Crippen molar-refractivity contribution in [3.63, 3.8) is 0 Å². The fraction of sp³-hybridized carbons (Fsp3) is 0.361. The Bertz CT molecular complexity index is 1490. The van der Waals surface area contributed by atoms with E-state index in [4.69, 9.17) is 0 Å². The maximum Gasteiger partial charge on any atom is 0.357 e. The van der Waals surface area contributed by atoms with E-state index in [9.17, 15) is 14.7 Å². The molecular formula is C36H41N3O3. The van der Waals surface area contributed by atoms with Crippen LogP contribution in [0.2, 0.25) is 0 Å². The summed E-state index contributed by atoms with van der Waals surface area (Å²) in [6.45, 7) is 7.65. The molecule has 0 spiro atoms. The minimum Gasteiger partial charge on any atom is -0.476 e. The topological polar surface area (TPSA) is 73.2 Å². The van der Waals surface area contributed by atoms with Crippen molar-refractivity contribution in [3.05, 3.63) is 95.1 Å². The molecule has 218 valence electrons. The molecule has 0 aromatic heterocycles. The Hall–Kier alpha value is -4.19. The minimum absolute atomic E-state index is 0.0719. The maximum absolute atomic E-state index is 13.3. The summed E-state index contributed by atoms with van der Waals surface area (Å²) in [5, 5.41) is 15.1. The number of carboxylic acids is 1. The number of benzene rings is 3. The van der Waals surface area contributed by atoms with E-state index in [1.54, 1.807) is 30.3 Å². The minimum atomic E-state index is -1.22. The van der Waals surface area contributed by atoms with Crippen molar-refractivity contribution < 1.29 is 14.7 Å². The largest absolute Gasteiger partial charge is 0.476 e. The quantitative estimate of drug-likeness (QED) is 0.188. The number of para-hydroxylation sites is 1. The van der Waals surface area contributed by atoms with Gasteiger partial charge in [-0.15, -0.1) is 0 Å². The number of fused-ring (bicyclic) bond motifs is 1. The number of anilines is 3. The molecule has 0 saturated heterocycles. The predicted octanol–water partition coefficient (Wildman–Crippen LogP) is 8.28. The zero-order valence-corrected chi connectivity index (χ0v) is 25.0. The molecule has 42 heavy (non-hydrogen) atoms. The third-order valence-corrected chi connectivity index (χ3v) is 8.46. The summed E-state index contributed by atoms with van der Waals surface area (Å²) in [4.78, 5) is 27.7. The molecule has 0 atom stereocenters. The number of carbonyl (C=O) groups is 2. The molecule has 3 aromatic rings. The first-order valence-corrected chi connectivity index (χ1v) is 15.2. The van der Waals surface area contributed by atoms with Gasteiger partial charge < -0.3 is 10.0 Å². The Morgan fingerprint density at radius 2 is 1.64 bits per heavy atom. The molecule has 0 bridgehead atoms. The molecule has 0 radical (unpaired) electrons. The predicted molar refractivity (Wildman–Crippen MR) is 172 cm³/mol. The second-order valence-electron chi connectivity index (χ2n) is 12.0. The molecule has 1 amide bonds. The van der Waals surface area contributed by atoms with Crippen LogP contribution >= 0.6 is 0 Å². The zero-order valence-electron chi connectivity index (χ0n) is 25.0. The van der Waals surface area contributed by atoms with Gasteiger partial charge >= 0.3 is 5.97 Å². The molecule has 3 aromatic carbocycles. The summed E-state index contributed by atoms with van der Waals surface area (Å²) in [7, 11) is 0. The number of aryl methyl sites for hydroxylation is 1. The summed E-state index contributed by atoms with van der Waals surface area (Å²) >= 11 is 0. The van der Waals surface area contributed by atoms with E-state index < -0.39 is 11.9 Å². The van der Waals surface area contributed by atoms with Crippen LogP contribution in [0.3, 0.4) is 0 Å². The highest BCUT2D eigenvalue weighted by Crippen LogP contribution is 2.43. The number of aliphatic carboxylic acids is 1. The fourth-order valence-electron chi connectivity index (χ4n) is 5.90. The van der Waals surface area contributed by atoms with Crippen LogP contribution in [0.4, 0.5) is 17.1 Å². The summed E-state index contributed by atoms with van der Waals surface area (Å²) in [5.74, 6) is -1.67. The van der Waals surface area contributed by atoms with E-state index in [2.05, 4.69) is 67.2 Å².